The van der Waals surface area contributed by atoms with Crippen molar-refractivity contribution in [3.8, 4) is 17.7 Å². The smallest absolute Gasteiger partial charge is 0.271 e. The van der Waals surface area contributed by atoms with Gasteiger partial charge in [-0.25, -0.2) is 4.39 Å². The lowest BCUT2D eigenvalue weighted by atomic mass is 9.97. The Balaban J connectivity index is 2.04. The number of hydrogen-bond donors (Lipinski definition) is 1. The van der Waals surface area contributed by atoms with Crippen LogP contribution in [0.1, 0.15) is 47.7 Å². The zero-order valence-electron chi connectivity index (χ0n) is 16.9. The van der Waals surface area contributed by atoms with Gasteiger partial charge in [-0.15, -0.1) is 0 Å². The summed E-state index contributed by atoms with van der Waals surface area (Å²) in [7, 11) is 0. The molecule has 1 N–H and O–H groups in total. The molecular formula is C22H23FN2O5. The molecule has 1 fully saturated rings. The minimum Gasteiger partial charge on any atom is -0.494 e. The quantitative estimate of drug-likeness (QED) is 0.699. The second kappa shape index (κ2) is 9.09. The SMILES string of the molecule is CCC(Oc1ccccc1F)C(=O)c1c(C)c(C#N)c(=O)n(CC2CCCO2)c1O. The molecule has 2 heterocycles. The van der Waals surface area contributed by atoms with E-state index < -0.39 is 29.1 Å². The standard InChI is InChI=1S/C22H23FN2O5/c1-3-17(30-18-9-5-4-8-16(18)23)20(26)19-13(2)15(11-24)21(27)25(22(19)28)12-14-7-6-10-29-14/h4-5,8-9,14,17,28H,3,6-7,10,12H2,1-2H3. The number of aromatic hydroxyl groups is 1. The average Bonchev–Trinajstić information content (AvgIpc) is 3.24. The molecule has 1 aliphatic heterocycles. The molecule has 1 aromatic heterocycles. The van der Waals surface area contributed by atoms with Gasteiger partial charge >= 0.3 is 0 Å². The molecule has 2 unspecified atom stereocenters. The van der Waals surface area contributed by atoms with Crippen LogP contribution in [0, 0.1) is 24.1 Å². The van der Waals surface area contributed by atoms with Crippen molar-refractivity contribution in [1.29, 1.82) is 5.26 Å². The Morgan fingerprint density at radius 3 is 2.80 bits per heavy atom. The van der Waals surface area contributed by atoms with E-state index in [1.165, 1.54) is 25.1 Å². The number of halogens is 1. The molecule has 0 spiro atoms. The largest absolute Gasteiger partial charge is 0.494 e. The summed E-state index contributed by atoms with van der Waals surface area (Å²) in [6.45, 7) is 3.70. The number of ketones is 1. The summed E-state index contributed by atoms with van der Waals surface area (Å²) in [6.07, 6.45) is 0.337. The van der Waals surface area contributed by atoms with Crippen LogP contribution in [-0.2, 0) is 11.3 Å². The van der Waals surface area contributed by atoms with Crippen molar-refractivity contribution in [2.75, 3.05) is 6.61 Å². The zero-order valence-corrected chi connectivity index (χ0v) is 16.9. The van der Waals surface area contributed by atoms with E-state index in [2.05, 4.69) is 0 Å². The minimum absolute atomic E-state index is 0.0326. The highest BCUT2D eigenvalue weighted by Gasteiger charge is 2.31. The van der Waals surface area contributed by atoms with Gasteiger partial charge in [0.25, 0.3) is 5.56 Å². The predicted octanol–water partition coefficient (Wildman–Crippen LogP) is 3.09. The van der Waals surface area contributed by atoms with E-state index in [1.807, 2.05) is 6.07 Å². The summed E-state index contributed by atoms with van der Waals surface area (Å²) >= 11 is 0. The van der Waals surface area contributed by atoms with Crippen LogP contribution in [0.25, 0.3) is 0 Å². The third-order valence-corrected chi connectivity index (χ3v) is 5.23. The van der Waals surface area contributed by atoms with Crippen LogP contribution in [0.2, 0.25) is 0 Å². The molecule has 0 aliphatic carbocycles. The van der Waals surface area contributed by atoms with Gasteiger partial charge in [0.15, 0.2) is 17.7 Å². The third-order valence-electron chi connectivity index (χ3n) is 5.23. The van der Waals surface area contributed by atoms with Crippen LogP contribution < -0.4 is 10.3 Å². The highest BCUT2D eigenvalue weighted by Crippen LogP contribution is 2.27. The fourth-order valence-electron chi connectivity index (χ4n) is 3.58. The van der Waals surface area contributed by atoms with E-state index >= 15 is 0 Å². The minimum atomic E-state index is -1.10. The van der Waals surface area contributed by atoms with Gasteiger partial charge < -0.3 is 14.6 Å². The summed E-state index contributed by atoms with van der Waals surface area (Å²) in [4.78, 5) is 26.0. The van der Waals surface area contributed by atoms with E-state index in [0.29, 0.717) is 13.0 Å². The lowest BCUT2D eigenvalue weighted by molar-refractivity contribution is 0.0768. The van der Waals surface area contributed by atoms with Crippen LogP contribution >= 0.6 is 0 Å². The van der Waals surface area contributed by atoms with Crippen LogP contribution in [0.3, 0.4) is 0 Å². The molecule has 30 heavy (non-hydrogen) atoms. The summed E-state index contributed by atoms with van der Waals surface area (Å²) in [5, 5.41) is 20.3. The predicted molar refractivity (Wildman–Crippen MR) is 106 cm³/mol. The number of nitriles is 1. The lowest BCUT2D eigenvalue weighted by Gasteiger charge is -2.21. The van der Waals surface area contributed by atoms with Gasteiger partial charge in [-0.3, -0.25) is 14.2 Å². The van der Waals surface area contributed by atoms with Crippen LogP contribution in [0.5, 0.6) is 11.6 Å². The molecule has 1 aromatic carbocycles. The summed E-state index contributed by atoms with van der Waals surface area (Å²) < 4.78 is 26.1. The van der Waals surface area contributed by atoms with E-state index in [0.717, 1.165) is 11.0 Å². The van der Waals surface area contributed by atoms with Crippen molar-refractivity contribution < 1.29 is 23.8 Å². The van der Waals surface area contributed by atoms with Crippen molar-refractivity contribution in [3.63, 3.8) is 0 Å². The van der Waals surface area contributed by atoms with Gasteiger partial charge in [0.1, 0.15) is 11.6 Å². The van der Waals surface area contributed by atoms with Crippen molar-refractivity contribution >= 4 is 5.78 Å². The van der Waals surface area contributed by atoms with Gasteiger partial charge in [-0.2, -0.15) is 5.26 Å². The first kappa shape index (κ1) is 21.5. The van der Waals surface area contributed by atoms with Crippen LogP contribution in [-0.4, -0.2) is 34.3 Å². The first-order chi connectivity index (χ1) is 14.4. The number of rotatable bonds is 7. The summed E-state index contributed by atoms with van der Waals surface area (Å²) in [5.41, 5.74) is -1.01. The number of ether oxygens (including phenoxy) is 2. The normalized spacial score (nSPS) is 16.8. The van der Waals surface area contributed by atoms with Gasteiger partial charge in [0, 0.05) is 6.61 Å². The monoisotopic (exact) mass is 414 g/mol. The molecule has 2 atom stereocenters. The average molecular weight is 414 g/mol. The Hall–Kier alpha value is -3.18. The number of benzene rings is 1. The number of pyridine rings is 1. The summed E-state index contributed by atoms with van der Waals surface area (Å²) in [6, 6.07) is 7.52. The molecule has 3 rings (SSSR count). The molecule has 0 radical (unpaired) electrons. The molecule has 0 saturated carbocycles. The van der Waals surface area contributed by atoms with Gasteiger partial charge in [-0.05, 0) is 43.9 Å². The number of Topliss-reactive ketones (excluding diaryl/α,β-unsaturated/α-hetero) is 1. The second-order valence-corrected chi connectivity index (χ2v) is 7.17. The van der Waals surface area contributed by atoms with Crippen molar-refractivity contribution in [2.45, 2.75) is 51.9 Å². The topological polar surface area (TPSA) is 102 Å². The van der Waals surface area contributed by atoms with Crippen molar-refractivity contribution in [3.05, 3.63) is 57.1 Å². The fourth-order valence-corrected chi connectivity index (χ4v) is 3.58. The first-order valence-corrected chi connectivity index (χ1v) is 9.82. The maximum absolute atomic E-state index is 14.0. The number of nitrogens with zero attached hydrogens (tertiary/aromatic N) is 2. The maximum Gasteiger partial charge on any atom is 0.271 e. The fraction of sp³-hybridized carbons (Fsp3) is 0.409. The number of carbonyl (C=O) groups is 1. The molecule has 1 saturated heterocycles. The molecular weight excluding hydrogens is 391 g/mol. The first-order valence-electron chi connectivity index (χ1n) is 9.82. The molecule has 2 aromatic rings. The van der Waals surface area contributed by atoms with E-state index in [1.54, 1.807) is 13.0 Å². The third kappa shape index (κ3) is 4.07. The molecule has 0 amide bonds. The highest BCUT2D eigenvalue weighted by molar-refractivity contribution is 6.03. The Morgan fingerprint density at radius 1 is 1.47 bits per heavy atom. The second-order valence-electron chi connectivity index (χ2n) is 7.17. The Bertz CT molecular complexity index is 1050. The summed E-state index contributed by atoms with van der Waals surface area (Å²) in [5.74, 6) is -1.88. The van der Waals surface area contributed by atoms with Gasteiger partial charge in [-0.1, -0.05) is 19.1 Å². The molecule has 7 nitrogen and oxygen atoms in total. The van der Waals surface area contributed by atoms with Gasteiger partial charge in [0.05, 0.1) is 18.2 Å². The molecule has 8 heteroatoms. The number of para-hydroxylation sites is 1. The Morgan fingerprint density at radius 2 is 2.20 bits per heavy atom. The van der Waals surface area contributed by atoms with Crippen molar-refractivity contribution in [2.24, 2.45) is 0 Å². The molecule has 1 aliphatic rings. The maximum atomic E-state index is 14.0. The lowest BCUT2D eigenvalue weighted by Crippen LogP contribution is -2.34. The zero-order chi connectivity index (χ0) is 21.8. The van der Waals surface area contributed by atoms with Crippen molar-refractivity contribution in [1.82, 2.24) is 4.57 Å². The number of aromatic nitrogens is 1. The van der Waals surface area contributed by atoms with E-state index in [4.69, 9.17) is 9.47 Å². The van der Waals surface area contributed by atoms with Crippen LogP contribution in [0.15, 0.2) is 29.1 Å². The molecule has 0 bridgehead atoms. The van der Waals surface area contributed by atoms with Crippen LogP contribution in [0.4, 0.5) is 4.39 Å². The molecule has 158 valence electrons. The Kier molecular flexibility index (Phi) is 6.53. The Labute approximate surface area is 173 Å². The van der Waals surface area contributed by atoms with E-state index in [-0.39, 0.29) is 41.5 Å². The van der Waals surface area contributed by atoms with E-state index in [9.17, 15) is 24.3 Å². The highest BCUT2D eigenvalue weighted by atomic mass is 19.1. The number of carbonyl (C=O) groups excluding carboxylic acids is 1. The van der Waals surface area contributed by atoms with Gasteiger partial charge in [0.2, 0.25) is 11.7 Å². The number of hydrogen-bond acceptors (Lipinski definition) is 6.